The Hall–Kier alpha value is -0.830. The second-order valence-electron chi connectivity index (χ2n) is 4.76. The molecule has 0 bridgehead atoms. The topological polar surface area (TPSA) is 29.9 Å². The summed E-state index contributed by atoms with van der Waals surface area (Å²) in [6, 6.07) is 0. The summed E-state index contributed by atoms with van der Waals surface area (Å²) >= 11 is 0. The molecule has 1 aliphatic rings. The van der Waals surface area contributed by atoms with E-state index in [0.717, 1.165) is 25.6 Å². The van der Waals surface area contributed by atoms with Crippen LogP contribution in [0.25, 0.3) is 0 Å². The Balaban J connectivity index is 1.71. The second-order valence-corrected chi connectivity index (χ2v) is 4.76. The van der Waals surface area contributed by atoms with Gasteiger partial charge in [-0.2, -0.15) is 0 Å². The van der Waals surface area contributed by atoms with Crippen molar-refractivity contribution in [2.75, 3.05) is 6.54 Å². The van der Waals surface area contributed by atoms with E-state index in [2.05, 4.69) is 28.0 Å². The zero-order valence-electron chi connectivity index (χ0n) is 10.3. The van der Waals surface area contributed by atoms with Crippen molar-refractivity contribution >= 4 is 0 Å². The number of rotatable bonds is 5. The van der Waals surface area contributed by atoms with Crippen LogP contribution in [0.15, 0.2) is 12.4 Å². The molecule has 1 fully saturated rings. The van der Waals surface area contributed by atoms with E-state index in [0.29, 0.717) is 0 Å². The van der Waals surface area contributed by atoms with E-state index in [1.54, 1.807) is 0 Å². The normalized spacial score (nSPS) is 17.8. The zero-order chi connectivity index (χ0) is 11.2. The molecule has 0 unspecified atom stereocenters. The molecule has 1 aromatic rings. The van der Waals surface area contributed by atoms with Crippen molar-refractivity contribution in [1.29, 1.82) is 0 Å². The molecule has 0 atom stereocenters. The van der Waals surface area contributed by atoms with Crippen molar-refractivity contribution < 1.29 is 0 Å². The molecule has 1 aromatic heterocycles. The molecule has 0 saturated heterocycles. The lowest BCUT2D eigenvalue weighted by atomic mass is 9.89. The van der Waals surface area contributed by atoms with Gasteiger partial charge in [0.15, 0.2) is 0 Å². The molecule has 3 heteroatoms. The second kappa shape index (κ2) is 6.04. The summed E-state index contributed by atoms with van der Waals surface area (Å²) in [4.78, 5) is 4.37. The van der Waals surface area contributed by atoms with Crippen LogP contribution in [0, 0.1) is 5.92 Å². The average Bonchev–Trinajstić information content (AvgIpc) is 2.78. The van der Waals surface area contributed by atoms with E-state index in [4.69, 9.17) is 0 Å². The summed E-state index contributed by atoms with van der Waals surface area (Å²) in [5.41, 5.74) is 0. The quantitative estimate of drug-likeness (QED) is 0.828. The average molecular weight is 221 g/mol. The highest BCUT2D eigenvalue weighted by atomic mass is 15.1. The van der Waals surface area contributed by atoms with Crippen molar-refractivity contribution in [2.45, 2.75) is 52.1 Å². The summed E-state index contributed by atoms with van der Waals surface area (Å²) in [6.07, 6.45) is 11.1. The Kier molecular flexibility index (Phi) is 4.40. The summed E-state index contributed by atoms with van der Waals surface area (Å²) in [7, 11) is 0. The van der Waals surface area contributed by atoms with Crippen LogP contribution in [0.2, 0.25) is 0 Å². The number of hydrogen-bond acceptors (Lipinski definition) is 2. The van der Waals surface area contributed by atoms with Gasteiger partial charge in [-0.1, -0.05) is 19.3 Å². The molecule has 3 nitrogen and oxygen atoms in total. The van der Waals surface area contributed by atoms with Crippen molar-refractivity contribution in [1.82, 2.24) is 14.9 Å². The maximum absolute atomic E-state index is 4.37. The lowest BCUT2D eigenvalue weighted by Crippen LogP contribution is -2.25. The van der Waals surface area contributed by atoms with E-state index in [1.807, 2.05) is 6.20 Å². The first-order valence-corrected chi connectivity index (χ1v) is 6.61. The molecule has 1 heterocycles. The van der Waals surface area contributed by atoms with Crippen LogP contribution < -0.4 is 5.32 Å². The van der Waals surface area contributed by atoms with Gasteiger partial charge in [0, 0.05) is 18.9 Å². The Morgan fingerprint density at radius 1 is 1.38 bits per heavy atom. The zero-order valence-corrected chi connectivity index (χ0v) is 10.3. The summed E-state index contributed by atoms with van der Waals surface area (Å²) in [5, 5.41) is 3.55. The van der Waals surface area contributed by atoms with Crippen LogP contribution in [0.4, 0.5) is 0 Å². The molecule has 0 radical (unpaired) electrons. The molecular weight excluding hydrogens is 198 g/mol. The van der Waals surface area contributed by atoms with Crippen molar-refractivity contribution in [3.8, 4) is 0 Å². The Bertz CT molecular complexity index is 300. The lowest BCUT2D eigenvalue weighted by Gasteiger charge is -2.21. The Morgan fingerprint density at radius 3 is 2.94 bits per heavy atom. The number of imidazole rings is 1. The predicted octanol–water partition coefficient (Wildman–Crippen LogP) is 2.57. The van der Waals surface area contributed by atoms with Gasteiger partial charge >= 0.3 is 0 Å². The van der Waals surface area contributed by atoms with E-state index < -0.39 is 0 Å². The molecular formula is C13H23N3. The van der Waals surface area contributed by atoms with Crippen LogP contribution in [-0.2, 0) is 13.1 Å². The Labute approximate surface area is 98.3 Å². The van der Waals surface area contributed by atoms with Gasteiger partial charge in [0.1, 0.15) is 5.82 Å². The van der Waals surface area contributed by atoms with Crippen LogP contribution in [0.1, 0.15) is 44.9 Å². The van der Waals surface area contributed by atoms with Gasteiger partial charge in [-0.3, -0.25) is 0 Å². The van der Waals surface area contributed by atoms with Crippen molar-refractivity contribution in [3.63, 3.8) is 0 Å². The molecule has 0 spiro atoms. The first-order chi connectivity index (χ1) is 7.90. The summed E-state index contributed by atoms with van der Waals surface area (Å²) in [5.74, 6) is 2.07. The SMILES string of the molecule is CCn1ccnc1CNCC1CCCCC1. The van der Waals surface area contributed by atoms with Gasteiger partial charge in [-0.05, 0) is 32.2 Å². The van der Waals surface area contributed by atoms with Gasteiger partial charge in [0.05, 0.1) is 6.54 Å². The highest BCUT2D eigenvalue weighted by Gasteiger charge is 2.12. The van der Waals surface area contributed by atoms with Crippen LogP contribution in [0.5, 0.6) is 0 Å². The van der Waals surface area contributed by atoms with Crippen molar-refractivity contribution in [2.24, 2.45) is 5.92 Å². The van der Waals surface area contributed by atoms with Crippen LogP contribution in [0.3, 0.4) is 0 Å². The first kappa shape index (κ1) is 11.6. The third kappa shape index (κ3) is 3.08. The fraction of sp³-hybridized carbons (Fsp3) is 0.769. The lowest BCUT2D eigenvalue weighted by molar-refractivity contribution is 0.340. The molecule has 90 valence electrons. The maximum Gasteiger partial charge on any atom is 0.122 e. The minimum atomic E-state index is 0.902. The third-order valence-corrected chi connectivity index (χ3v) is 3.58. The van der Waals surface area contributed by atoms with E-state index in [-0.39, 0.29) is 0 Å². The molecule has 1 aliphatic carbocycles. The van der Waals surface area contributed by atoms with Gasteiger partial charge in [0.25, 0.3) is 0 Å². The number of hydrogen-bond donors (Lipinski definition) is 1. The molecule has 1 saturated carbocycles. The van der Waals surface area contributed by atoms with Gasteiger partial charge in [-0.15, -0.1) is 0 Å². The van der Waals surface area contributed by atoms with Gasteiger partial charge < -0.3 is 9.88 Å². The molecule has 0 aliphatic heterocycles. The number of aryl methyl sites for hydroxylation is 1. The summed E-state index contributed by atoms with van der Waals surface area (Å²) < 4.78 is 2.20. The minimum absolute atomic E-state index is 0.902. The molecule has 0 aromatic carbocycles. The molecule has 0 amide bonds. The highest BCUT2D eigenvalue weighted by Crippen LogP contribution is 2.22. The van der Waals surface area contributed by atoms with E-state index in [9.17, 15) is 0 Å². The van der Waals surface area contributed by atoms with E-state index >= 15 is 0 Å². The number of nitrogens with zero attached hydrogens (tertiary/aromatic N) is 2. The van der Waals surface area contributed by atoms with Gasteiger partial charge in [-0.25, -0.2) is 4.98 Å². The smallest absolute Gasteiger partial charge is 0.122 e. The number of aromatic nitrogens is 2. The Morgan fingerprint density at radius 2 is 2.19 bits per heavy atom. The fourth-order valence-electron chi connectivity index (χ4n) is 2.57. The van der Waals surface area contributed by atoms with Gasteiger partial charge in [0.2, 0.25) is 0 Å². The van der Waals surface area contributed by atoms with Crippen molar-refractivity contribution in [3.05, 3.63) is 18.2 Å². The molecule has 1 N–H and O–H groups in total. The highest BCUT2D eigenvalue weighted by molar-refractivity contribution is 4.91. The summed E-state index contributed by atoms with van der Waals surface area (Å²) in [6.45, 7) is 5.25. The van der Waals surface area contributed by atoms with E-state index in [1.165, 1.54) is 37.9 Å². The third-order valence-electron chi connectivity index (χ3n) is 3.58. The predicted molar refractivity (Wildman–Crippen MR) is 66.2 cm³/mol. The fourth-order valence-corrected chi connectivity index (χ4v) is 2.57. The first-order valence-electron chi connectivity index (χ1n) is 6.61. The van der Waals surface area contributed by atoms with Crippen LogP contribution >= 0.6 is 0 Å². The molecule has 16 heavy (non-hydrogen) atoms. The maximum atomic E-state index is 4.37. The minimum Gasteiger partial charge on any atom is -0.334 e. The monoisotopic (exact) mass is 221 g/mol. The standard InChI is InChI=1S/C13H23N3/c1-2-16-9-8-15-13(16)11-14-10-12-6-4-3-5-7-12/h8-9,12,14H,2-7,10-11H2,1H3. The molecule has 2 rings (SSSR count). The number of nitrogens with one attached hydrogen (secondary N) is 1. The largest absolute Gasteiger partial charge is 0.334 e. The van der Waals surface area contributed by atoms with Crippen LogP contribution in [-0.4, -0.2) is 16.1 Å².